The molecule has 2 aromatic carbocycles. The molecule has 3 rings (SSSR count). The second-order valence-corrected chi connectivity index (χ2v) is 7.14. The van der Waals surface area contributed by atoms with Crippen molar-refractivity contribution in [1.82, 2.24) is 4.90 Å². The summed E-state index contributed by atoms with van der Waals surface area (Å²) in [5.74, 6) is 0.966. The minimum Gasteiger partial charge on any atom is -0.497 e. The van der Waals surface area contributed by atoms with Crippen LogP contribution in [0.3, 0.4) is 0 Å². The van der Waals surface area contributed by atoms with E-state index in [1.165, 1.54) is 5.69 Å². The Bertz CT molecular complexity index is 766. The minimum atomic E-state index is 0.0845. The topological polar surface area (TPSA) is 44.8 Å². The summed E-state index contributed by atoms with van der Waals surface area (Å²) in [6.45, 7) is 8.76. The van der Waals surface area contributed by atoms with E-state index in [0.29, 0.717) is 6.42 Å². The molecule has 0 atom stereocenters. The van der Waals surface area contributed by atoms with Crippen molar-refractivity contribution in [3.05, 3.63) is 53.6 Å². The molecule has 0 aliphatic carbocycles. The lowest BCUT2D eigenvalue weighted by atomic mass is 10.1. The van der Waals surface area contributed by atoms with Crippen molar-refractivity contribution >= 4 is 17.3 Å². The molecule has 5 nitrogen and oxygen atoms in total. The van der Waals surface area contributed by atoms with Crippen molar-refractivity contribution in [2.45, 2.75) is 20.3 Å². The molecule has 1 heterocycles. The van der Waals surface area contributed by atoms with E-state index in [9.17, 15) is 4.79 Å². The van der Waals surface area contributed by atoms with Crippen LogP contribution in [0.1, 0.15) is 17.5 Å². The molecule has 0 saturated carbocycles. The lowest BCUT2D eigenvalue weighted by Crippen LogP contribution is -2.47. The highest BCUT2D eigenvalue weighted by molar-refractivity contribution is 5.91. The molecule has 0 bridgehead atoms. The standard InChI is InChI=1S/C22H29N3O2/c1-17-4-5-18(2)21(16-17)23-22(26)10-11-24-12-14-25(15-13-24)19-6-8-20(27-3)9-7-19/h4-9,16H,10-15H2,1-3H3,(H,23,26). The fourth-order valence-corrected chi connectivity index (χ4v) is 3.37. The fraction of sp³-hybridized carbons (Fsp3) is 0.409. The Morgan fingerprint density at radius 2 is 1.74 bits per heavy atom. The number of anilines is 2. The van der Waals surface area contributed by atoms with Crippen LogP contribution in [0.2, 0.25) is 0 Å². The van der Waals surface area contributed by atoms with Crippen LogP contribution in [0.25, 0.3) is 0 Å². The van der Waals surface area contributed by atoms with E-state index in [2.05, 4.69) is 33.3 Å². The molecule has 27 heavy (non-hydrogen) atoms. The third-order valence-electron chi connectivity index (χ3n) is 5.13. The summed E-state index contributed by atoms with van der Waals surface area (Å²) >= 11 is 0. The molecule has 0 spiro atoms. The van der Waals surface area contributed by atoms with E-state index < -0.39 is 0 Å². The molecule has 0 aromatic heterocycles. The van der Waals surface area contributed by atoms with Gasteiger partial charge in [0.1, 0.15) is 5.75 Å². The maximum atomic E-state index is 12.3. The zero-order valence-corrected chi connectivity index (χ0v) is 16.5. The number of carbonyl (C=O) groups excluding carboxylic acids is 1. The number of piperazine rings is 1. The van der Waals surface area contributed by atoms with Gasteiger partial charge in [0.05, 0.1) is 7.11 Å². The van der Waals surface area contributed by atoms with Gasteiger partial charge >= 0.3 is 0 Å². The first-order valence-corrected chi connectivity index (χ1v) is 9.53. The van der Waals surface area contributed by atoms with E-state index in [0.717, 1.165) is 55.3 Å². The summed E-state index contributed by atoms with van der Waals surface area (Å²) < 4.78 is 5.22. The van der Waals surface area contributed by atoms with Crippen molar-refractivity contribution in [2.24, 2.45) is 0 Å². The third-order valence-corrected chi connectivity index (χ3v) is 5.13. The molecule has 0 radical (unpaired) electrons. The van der Waals surface area contributed by atoms with Gasteiger partial charge in [0.2, 0.25) is 5.91 Å². The predicted octanol–water partition coefficient (Wildman–Crippen LogP) is 3.46. The molecule has 1 saturated heterocycles. The number of ether oxygens (including phenoxy) is 1. The van der Waals surface area contributed by atoms with Gasteiger partial charge in [-0.1, -0.05) is 12.1 Å². The Balaban J connectivity index is 1.43. The van der Waals surface area contributed by atoms with Crippen LogP contribution in [0.4, 0.5) is 11.4 Å². The van der Waals surface area contributed by atoms with Crippen LogP contribution < -0.4 is 15.0 Å². The first-order valence-electron chi connectivity index (χ1n) is 9.53. The van der Waals surface area contributed by atoms with E-state index >= 15 is 0 Å². The van der Waals surface area contributed by atoms with E-state index in [4.69, 9.17) is 4.74 Å². The SMILES string of the molecule is COc1ccc(N2CCN(CCC(=O)Nc3cc(C)ccc3C)CC2)cc1. The Kier molecular flexibility index (Phi) is 6.35. The molecule has 144 valence electrons. The van der Waals surface area contributed by atoms with Gasteiger partial charge in [-0.2, -0.15) is 0 Å². The smallest absolute Gasteiger partial charge is 0.225 e. The summed E-state index contributed by atoms with van der Waals surface area (Å²) in [6.07, 6.45) is 0.524. The summed E-state index contributed by atoms with van der Waals surface area (Å²) in [6, 6.07) is 14.3. The van der Waals surface area contributed by atoms with Crippen LogP contribution in [-0.4, -0.2) is 50.6 Å². The minimum absolute atomic E-state index is 0.0845. The molecular weight excluding hydrogens is 338 g/mol. The molecule has 0 unspecified atom stereocenters. The van der Waals surface area contributed by atoms with Crippen molar-refractivity contribution in [2.75, 3.05) is 50.1 Å². The van der Waals surface area contributed by atoms with Gasteiger partial charge in [-0.05, 0) is 55.3 Å². The Hall–Kier alpha value is -2.53. The fourth-order valence-electron chi connectivity index (χ4n) is 3.37. The first-order chi connectivity index (χ1) is 13.0. The summed E-state index contributed by atoms with van der Waals surface area (Å²) in [4.78, 5) is 17.0. The van der Waals surface area contributed by atoms with Gasteiger partial charge in [-0.25, -0.2) is 0 Å². The number of nitrogens with one attached hydrogen (secondary N) is 1. The summed E-state index contributed by atoms with van der Waals surface area (Å²) in [7, 11) is 1.68. The quantitative estimate of drug-likeness (QED) is 0.849. The Labute approximate surface area is 161 Å². The number of hydrogen-bond donors (Lipinski definition) is 1. The second-order valence-electron chi connectivity index (χ2n) is 7.14. The number of hydrogen-bond acceptors (Lipinski definition) is 4. The van der Waals surface area contributed by atoms with Crippen LogP contribution in [0.5, 0.6) is 5.75 Å². The molecule has 1 aliphatic heterocycles. The normalized spacial score (nSPS) is 14.9. The average molecular weight is 367 g/mol. The van der Waals surface area contributed by atoms with Gasteiger partial charge in [0.25, 0.3) is 0 Å². The molecule has 2 aromatic rings. The lowest BCUT2D eigenvalue weighted by Gasteiger charge is -2.36. The van der Waals surface area contributed by atoms with Crippen molar-refractivity contribution < 1.29 is 9.53 Å². The highest BCUT2D eigenvalue weighted by Crippen LogP contribution is 2.21. The highest BCUT2D eigenvalue weighted by atomic mass is 16.5. The maximum absolute atomic E-state index is 12.3. The third kappa shape index (κ3) is 5.23. The lowest BCUT2D eigenvalue weighted by molar-refractivity contribution is -0.116. The highest BCUT2D eigenvalue weighted by Gasteiger charge is 2.18. The number of carbonyl (C=O) groups is 1. The van der Waals surface area contributed by atoms with Crippen LogP contribution in [0.15, 0.2) is 42.5 Å². The zero-order chi connectivity index (χ0) is 19.2. The van der Waals surface area contributed by atoms with Crippen LogP contribution >= 0.6 is 0 Å². The van der Waals surface area contributed by atoms with Gasteiger partial charge in [0, 0.05) is 50.5 Å². The van der Waals surface area contributed by atoms with Crippen LogP contribution in [0, 0.1) is 13.8 Å². The second kappa shape index (κ2) is 8.91. The first kappa shape index (κ1) is 19.2. The van der Waals surface area contributed by atoms with E-state index in [1.807, 2.05) is 38.1 Å². The molecule has 5 heteroatoms. The summed E-state index contributed by atoms with van der Waals surface area (Å²) in [5.41, 5.74) is 4.40. The number of benzene rings is 2. The predicted molar refractivity (Wildman–Crippen MR) is 111 cm³/mol. The average Bonchev–Trinajstić information content (AvgIpc) is 2.70. The molecule has 1 amide bonds. The number of methoxy groups -OCH3 is 1. The largest absolute Gasteiger partial charge is 0.497 e. The van der Waals surface area contributed by atoms with Gasteiger partial charge in [-0.15, -0.1) is 0 Å². The summed E-state index contributed by atoms with van der Waals surface area (Å²) in [5, 5.41) is 3.05. The molecule has 1 N–H and O–H groups in total. The van der Waals surface area contributed by atoms with Gasteiger partial charge < -0.3 is 15.0 Å². The van der Waals surface area contributed by atoms with E-state index in [-0.39, 0.29) is 5.91 Å². The number of nitrogens with zero attached hydrogens (tertiary/aromatic N) is 2. The van der Waals surface area contributed by atoms with Gasteiger partial charge in [0.15, 0.2) is 0 Å². The number of rotatable bonds is 6. The van der Waals surface area contributed by atoms with Crippen molar-refractivity contribution in [3.63, 3.8) is 0 Å². The molecule has 1 aliphatic rings. The number of amides is 1. The van der Waals surface area contributed by atoms with Crippen molar-refractivity contribution in [3.8, 4) is 5.75 Å². The monoisotopic (exact) mass is 367 g/mol. The zero-order valence-electron chi connectivity index (χ0n) is 16.5. The van der Waals surface area contributed by atoms with Gasteiger partial charge in [-0.3, -0.25) is 9.69 Å². The molecular formula is C22H29N3O2. The van der Waals surface area contributed by atoms with Crippen molar-refractivity contribution in [1.29, 1.82) is 0 Å². The van der Waals surface area contributed by atoms with E-state index in [1.54, 1.807) is 7.11 Å². The Morgan fingerprint density at radius 1 is 1.04 bits per heavy atom. The molecule has 1 fully saturated rings. The Morgan fingerprint density at radius 3 is 2.41 bits per heavy atom. The maximum Gasteiger partial charge on any atom is 0.225 e. The van der Waals surface area contributed by atoms with Crippen LogP contribution in [-0.2, 0) is 4.79 Å². The number of aryl methyl sites for hydroxylation is 2.